The zero-order valence-electron chi connectivity index (χ0n) is 13.8. The summed E-state index contributed by atoms with van der Waals surface area (Å²) in [5.41, 5.74) is 0.711. The summed E-state index contributed by atoms with van der Waals surface area (Å²) in [5, 5.41) is 7.52. The second-order valence-corrected chi connectivity index (χ2v) is 9.00. The summed E-state index contributed by atoms with van der Waals surface area (Å²) in [4.78, 5) is 1.91. The number of sulfonamides is 1. The molecule has 4 nitrogen and oxygen atoms in total. The molecule has 1 aliphatic heterocycles. The lowest BCUT2D eigenvalue weighted by atomic mass is 9.98. The summed E-state index contributed by atoms with van der Waals surface area (Å²) in [6.45, 7) is 5.04. The van der Waals surface area contributed by atoms with Gasteiger partial charge in [-0.25, -0.2) is 13.6 Å². The van der Waals surface area contributed by atoms with Crippen molar-refractivity contribution in [3.05, 3.63) is 47.5 Å². The van der Waals surface area contributed by atoms with Gasteiger partial charge in [0.05, 0.1) is 0 Å². The van der Waals surface area contributed by atoms with E-state index in [9.17, 15) is 8.42 Å². The number of hydrogen-bond acceptors (Lipinski definition) is 4. The molecule has 2 N–H and O–H groups in total. The third-order valence-electron chi connectivity index (χ3n) is 4.37. The zero-order chi connectivity index (χ0) is 16.9. The van der Waals surface area contributed by atoms with Crippen LogP contribution in [0.15, 0.2) is 41.9 Å². The highest BCUT2D eigenvalue weighted by atomic mass is 32.3. The fourth-order valence-electron chi connectivity index (χ4n) is 3.02. The lowest BCUT2D eigenvalue weighted by molar-refractivity contribution is 0.253. The van der Waals surface area contributed by atoms with Gasteiger partial charge in [-0.2, -0.15) is 0 Å². The number of nitrogens with two attached hydrogens (primary N) is 1. The van der Waals surface area contributed by atoms with Crippen LogP contribution in [0.1, 0.15) is 45.1 Å². The molecule has 0 fully saturated rings. The number of benzene rings is 1. The molecule has 0 aliphatic carbocycles. The molecule has 0 amide bonds. The summed E-state index contributed by atoms with van der Waals surface area (Å²) >= 11 is 1.27. The molecule has 1 aromatic carbocycles. The minimum absolute atomic E-state index is 0.461. The van der Waals surface area contributed by atoms with Crippen molar-refractivity contribution < 1.29 is 8.42 Å². The third-order valence-corrected chi connectivity index (χ3v) is 7.64. The Morgan fingerprint density at radius 3 is 2.52 bits per heavy atom. The van der Waals surface area contributed by atoms with Crippen molar-refractivity contribution in [2.24, 2.45) is 11.1 Å². The van der Waals surface area contributed by atoms with Gasteiger partial charge in [0.25, 0.3) is 0 Å². The van der Waals surface area contributed by atoms with Crippen molar-refractivity contribution in [1.29, 1.82) is 0 Å². The van der Waals surface area contributed by atoms with Gasteiger partial charge in [-0.1, -0.05) is 75.2 Å². The number of thioether (sulfide) groups is 1. The Morgan fingerprint density at radius 1 is 1.26 bits per heavy atom. The van der Waals surface area contributed by atoms with Crippen molar-refractivity contribution in [2.75, 3.05) is 6.54 Å². The molecule has 1 heterocycles. The van der Waals surface area contributed by atoms with Crippen molar-refractivity contribution in [2.45, 2.75) is 43.7 Å². The topological polar surface area (TPSA) is 63.4 Å². The maximum atomic E-state index is 12.5. The summed E-state index contributed by atoms with van der Waals surface area (Å²) in [7, 11) is -3.81. The highest BCUT2D eigenvalue weighted by Gasteiger charge is 2.50. The van der Waals surface area contributed by atoms with Crippen molar-refractivity contribution in [3.8, 4) is 0 Å². The number of hydrogen-bond donors (Lipinski definition) is 1. The lowest BCUT2D eigenvalue weighted by Crippen LogP contribution is -2.49. The fraction of sp³-hybridized carbons (Fsp3) is 0.529. The van der Waals surface area contributed by atoms with Gasteiger partial charge in [0, 0.05) is 18.3 Å². The Balaban J connectivity index is 2.35. The van der Waals surface area contributed by atoms with Crippen LogP contribution < -0.4 is 5.14 Å². The fourth-order valence-corrected chi connectivity index (χ4v) is 5.58. The monoisotopic (exact) mass is 354 g/mol. The first-order valence-electron chi connectivity index (χ1n) is 8.14. The second-order valence-electron chi connectivity index (χ2n) is 5.96. The van der Waals surface area contributed by atoms with Gasteiger partial charge < -0.3 is 4.90 Å². The van der Waals surface area contributed by atoms with Gasteiger partial charge in [0.1, 0.15) is 0 Å². The van der Waals surface area contributed by atoms with E-state index in [2.05, 4.69) is 13.8 Å². The van der Waals surface area contributed by atoms with Crippen LogP contribution in [0.4, 0.5) is 0 Å². The molecule has 1 aromatic rings. The first-order valence-corrected chi connectivity index (χ1v) is 10.6. The smallest absolute Gasteiger partial charge is 0.248 e. The van der Waals surface area contributed by atoms with Crippen LogP contribution in [0.2, 0.25) is 0 Å². The first-order chi connectivity index (χ1) is 11.0. The summed E-state index contributed by atoms with van der Waals surface area (Å²) in [6.07, 6.45) is 6.33. The quantitative estimate of drug-likeness (QED) is 0.771. The lowest BCUT2D eigenvalue weighted by Gasteiger charge is -2.38. The molecule has 128 valence electrons. The van der Waals surface area contributed by atoms with Crippen LogP contribution in [-0.2, 0) is 14.2 Å². The molecule has 6 heteroatoms. The molecular weight excluding hydrogens is 328 g/mol. The second kappa shape index (κ2) is 7.73. The third kappa shape index (κ3) is 3.75. The Morgan fingerprint density at radius 2 is 1.96 bits per heavy atom. The van der Waals surface area contributed by atoms with E-state index in [1.165, 1.54) is 11.8 Å². The molecule has 2 rings (SSSR count). The van der Waals surface area contributed by atoms with Gasteiger partial charge in [0.2, 0.25) is 14.2 Å². The normalized spacial score (nSPS) is 22.5. The minimum atomic E-state index is -3.81. The van der Waals surface area contributed by atoms with Gasteiger partial charge in [-0.15, -0.1) is 0 Å². The zero-order valence-corrected chi connectivity index (χ0v) is 15.4. The number of rotatable bonds is 8. The summed E-state index contributed by atoms with van der Waals surface area (Å²) in [6, 6.07) is 9.27. The van der Waals surface area contributed by atoms with E-state index in [-0.39, 0.29) is 0 Å². The van der Waals surface area contributed by atoms with Crippen molar-refractivity contribution in [1.82, 2.24) is 4.90 Å². The minimum Gasteiger partial charge on any atom is -0.345 e. The van der Waals surface area contributed by atoms with Gasteiger partial charge in [-0.3, -0.25) is 0 Å². The summed E-state index contributed by atoms with van der Waals surface area (Å²) in [5.74, 6) is 0.461. The van der Waals surface area contributed by atoms with Crippen LogP contribution in [0.3, 0.4) is 0 Å². The average molecular weight is 355 g/mol. The highest BCUT2D eigenvalue weighted by molar-refractivity contribution is 8.15. The van der Waals surface area contributed by atoms with Crippen molar-refractivity contribution >= 4 is 21.8 Å². The van der Waals surface area contributed by atoms with Crippen LogP contribution in [0, 0.1) is 5.92 Å². The van der Waals surface area contributed by atoms with E-state index >= 15 is 0 Å². The molecule has 0 aromatic heterocycles. The molecule has 0 saturated carbocycles. The number of primary sulfonamides is 1. The Labute approximate surface area is 144 Å². The Hall–Kier alpha value is -0.980. The van der Waals surface area contributed by atoms with Crippen molar-refractivity contribution in [3.63, 3.8) is 0 Å². The predicted molar refractivity (Wildman–Crippen MR) is 98.0 cm³/mol. The van der Waals surface area contributed by atoms with E-state index in [0.29, 0.717) is 18.0 Å². The maximum Gasteiger partial charge on any atom is 0.248 e. The first kappa shape index (κ1) is 18.4. The standard InChI is InChI=1S/C17H26N2O2S2/c1-3-5-9-15(4-2)14-19-12-13-22-17(19,23(18,20)21)16-10-7-6-8-11-16/h6-8,10-13,15H,3-5,9,14H2,1-2H3,(H2,18,20,21). The van der Waals surface area contributed by atoms with Crippen LogP contribution in [-0.4, -0.2) is 19.9 Å². The van der Waals surface area contributed by atoms with E-state index < -0.39 is 14.2 Å². The molecule has 2 unspecified atom stereocenters. The molecular formula is C17H26N2O2S2. The molecule has 0 bridgehead atoms. The SMILES string of the molecule is CCCCC(CC)CN1C=CSC1(c1ccccc1)S(N)(=O)=O. The summed E-state index contributed by atoms with van der Waals surface area (Å²) < 4.78 is 23.8. The predicted octanol–water partition coefficient (Wildman–Crippen LogP) is 3.82. The van der Waals surface area contributed by atoms with Crippen LogP contribution >= 0.6 is 11.8 Å². The largest absolute Gasteiger partial charge is 0.345 e. The molecule has 0 saturated heterocycles. The molecule has 0 radical (unpaired) electrons. The molecule has 2 atom stereocenters. The molecule has 1 aliphatic rings. The van der Waals surface area contributed by atoms with E-state index in [1.807, 2.05) is 46.8 Å². The Kier molecular flexibility index (Phi) is 6.17. The van der Waals surface area contributed by atoms with E-state index in [1.54, 1.807) is 0 Å². The van der Waals surface area contributed by atoms with E-state index in [4.69, 9.17) is 5.14 Å². The molecule has 23 heavy (non-hydrogen) atoms. The number of unbranched alkanes of at least 4 members (excludes halogenated alkanes) is 1. The van der Waals surface area contributed by atoms with Crippen LogP contribution in [0.25, 0.3) is 0 Å². The highest BCUT2D eigenvalue weighted by Crippen LogP contribution is 2.49. The van der Waals surface area contributed by atoms with Gasteiger partial charge in [-0.05, 0) is 17.7 Å². The maximum absolute atomic E-state index is 12.5. The molecule has 0 spiro atoms. The van der Waals surface area contributed by atoms with Crippen LogP contribution in [0.5, 0.6) is 0 Å². The average Bonchev–Trinajstić information content (AvgIpc) is 2.96. The van der Waals surface area contributed by atoms with E-state index in [0.717, 1.165) is 25.7 Å². The van der Waals surface area contributed by atoms with Gasteiger partial charge >= 0.3 is 0 Å². The Bertz CT molecular complexity index is 631. The number of nitrogens with zero attached hydrogens (tertiary/aromatic N) is 1. The van der Waals surface area contributed by atoms with Gasteiger partial charge in [0.15, 0.2) is 0 Å².